The second-order valence-electron chi connectivity index (χ2n) is 8.30. The number of benzene rings is 1. The fourth-order valence-electron chi connectivity index (χ4n) is 4.46. The van der Waals surface area contributed by atoms with E-state index in [4.69, 9.17) is 4.74 Å². The zero-order valence-electron chi connectivity index (χ0n) is 16.9. The summed E-state index contributed by atoms with van der Waals surface area (Å²) in [5.74, 6) is 1.22. The zero-order chi connectivity index (χ0) is 19.2. The van der Waals surface area contributed by atoms with Gasteiger partial charge in [-0.3, -0.25) is 14.6 Å². The second kappa shape index (κ2) is 9.57. The molecule has 0 unspecified atom stereocenters. The van der Waals surface area contributed by atoms with Crippen molar-refractivity contribution in [3.8, 4) is 5.75 Å². The number of fused-ring (bicyclic) bond motifs is 1. The first-order chi connectivity index (χ1) is 13.8. The molecule has 0 aromatic heterocycles. The summed E-state index contributed by atoms with van der Waals surface area (Å²) in [5.41, 5.74) is 4.24. The second-order valence-corrected chi connectivity index (χ2v) is 8.30. The van der Waals surface area contributed by atoms with E-state index in [1.807, 2.05) is 0 Å². The number of hydrogen-bond acceptors (Lipinski definition) is 4. The van der Waals surface area contributed by atoms with Crippen molar-refractivity contribution in [1.82, 2.24) is 15.1 Å². The molecule has 1 amide bonds. The van der Waals surface area contributed by atoms with Crippen LogP contribution >= 0.6 is 0 Å². The minimum atomic E-state index is 0.170. The number of allylic oxidation sites excluding steroid dienone is 1. The lowest BCUT2D eigenvalue weighted by molar-refractivity contribution is -0.122. The van der Waals surface area contributed by atoms with Crippen molar-refractivity contribution in [2.24, 2.45) is 0 Å². The third kappa shape index (κ3) is 5.36. The van der Waals surface area contributed by atoms with Crippen molar-refractivity contribution >= 4 is 5.91 Å². The molecule has 0 saturated carbocycles. The van der Waals surface area contributed by atoms with Crippen LogP contribution in [0.15, 0.2) is 29.8 Å². The Morgan fingerprint density at radius 3 is 2.75 bits per heavy atom. The Bertz CT molecular complexity index is 708. The molecule has 2 heterocycles. The molecule has 152 valence electrons. The van der Waals surface area contributed by atoms with Crippen LogP contribution in [-0.4, -0.2) is 61.6 Å². The maximum atomic E-state index is 12.2. The summed E-state index contributed by atoms with van der Waals surface area (Å²) in [7, 11) is 0. The molecule has 3 aliphatic rings. The smallest absolute Gasteiger partial charge is 0.234 e. The van der Waals surface area contributed by atoms with Gasteiger partial charge in [0.15, 0.2) is 0 Å². The average Bonchev–Trinajstić information content (AvgIpc) is 3.18. The molecular formula is C23H33N3O2. The minimum Gasteiger partial charge on any atom is -0.493 e. The number of carbonyl (C=O) groups excluding carboxylic acids is 1. The summed E-state index contributed by atoms with van der Waals surface area (Å²) in [6.07, 6.45) is 9.48. The van der Waals surface area contributed by atoms with Crippen LogP contribution < -0.4 is 10.1 Å². The summed E-state index contributed by atoms with van der Waals surface area (Å²) in [6.45, 7) is 7.09. The molecule has 28 heavy (non-hydrogen) atoms. The number of nitrogens with zero attached hydrogens (tertiary/aromatic N) is 2. The first kappa shape index (κ1) is 19.5. The van der Waals surface area contributed by atoms with E-state index in [0.29, 0.717) is 6.54 Å². The van der Waals surface area contributed by atoms with E-state index in [1.54, 1.807) is 0 Å². The van der Waals surface area contributed by atoms with E-state index in [0.717, 1.165) is 64.5 Å². The molecule has 1 fully saturated rings. The van der Waals surface area contributed by atoms with Gasteiger partial charge in [-0.25, -0.2) is 0 Å². The Hall–Kier alpha value is -1.85. The van der Waals surface area contributed by atoms with E-state index in [-0.39, 0.29) is 5.91 Å². The van der Waals surface area contributed by atoms with E-state index in [1.165, 1.54) is 42.4 Å². The quantitative estimate of drug-likeness (QED) is 0.736. The number of piperazine rings is 1. The molecule has 4 rings (SSSR count). The number of nitrogens with one attached hydrogen (secondary N) is 1. The Labute approximate surface area is 168 Å². The van der Waals surface area contributed by atoms with E-state index in [2.05, 4.69) is 39.4 Å². The van der Waals surface area contributed by atoms with E-state index in [9.17, 15) is 4.79 Å². The average molecular weight is 384 g/mol. The molecule has 0 bridgehead atoms. The summed E-state index contributed by atoms with van der Waals surface area (Å²) in [4.78, 5) is 17.0. The third-order valence-electron chi connectivity index (χ3n) is 6.15. The van der Waals surface area contributed by atoms with E-state index >= 15 is 0 Å². The summed E-state index contributed by atoms with van der Waals surface area (Å²) in [5, 5.41) is 3.11. The molecule has 5 nitrogen and oxygen atoms in total. The Balaban J connectivity index is 1.14. The van der Waals surface area contributed by atoms with Crippen molar-refractivity contribution in [3.05, 3.63) is 41.0 Å². The van der Waals surface area contributed by atoms with Gasteiger partial charge in [-0.15, -0.1) is 0 Å². The largest absolute Gasteiger partial charge is 0.493 e. The number of ether oxygens (including phenoxy) is 1. The molecule has 0 spiro atoms. The highest BCUT2D eigenvalue weighted by atomic mass is 16.5. The third-order valence-corrected chi connectivity index (χ3v) is 6.15. The molecule has 0 atom stereocenters. The topological polar surface area (TPSA) is 44.8 Å². The summed E-state index contributed by atoms with van der Waals surface area (Å²) < 4.78 is 5.60. The molecule has 1 N–H and O–H groups in total. The van der Waals surface area contributed by atoms with Gasteiger partial charge in [0.1, 0.15) is 5.75 Å². The van der Waals surface area contributed by atoms with Crippen LogP contribution in [0, 0.1) is 0 Å². The van der Waals surface area contributed by atoms with Crippen LogP contribution in [-0.2, 0) is 17.8 Å². The molecular weight excluding hydrogens is 350 g/mol. The van der Waals surface area contributed by atoms with Crippen LogP contribution in [0.3, 0.4) is 0 Å². The van der Waals surface area contributed by atoms with Gasteiger partial charge in [-0.05, 0) is 49.3 Å². The number of rotatable bonds is 7. The lowest BCUT2D eigenvalue weighted by Crippen LogP contribution is -2.49. The molecule has 5 heteroatoms. The highest BCUT2D eigenvalue weighted by Gasteiger charge is 2.20. The van der Waals surface area contributed by atoms with E-state index < -0.39 is 0 Å². The Morgan fingerprint density at radius 1 is 1.07 bits per heavy atom. The molecule has 0 radical (unpaired) electrons. The van der Waals surface area contributed by atoms with Gasteiger partial charge in [0, 0.05) is 45.7 Å². The van der Waals surface area contributed by atoms with Crippen molar-refractivity contribution < 1.29 is 9.53 Å². The van der Waals surface area contributed by atoms with Crippen LogP contribution in [0.1, 0.15) is 43.2 Å². The van der Waals surface area contributed by atoms with Crippen LogP contribution in [0.4, 0.5) is 0 Å². The van der Waals surface area contributed by atoms with Gasteiger partial charge >= 0.3 is 0 Å². The number of carbonyl (C=O) groups is 1. The SMILES string of the molecule is O=C(CN1CCN(Cc2ccc3c(c2)CCO3)CC1)NCCC1=CCCCC1. The fraction of sp³-hybridized carbons (Fsp3) is 0.609. The molecule has 2 aliphatic heterocycles. The molecule has 1 aromatic rings. The highest BCUT2D eigenvalue weighted by molar-refractivity contribution is 5.78. The van der Waals surface area contributed by atoms with Gasteiger partial charge in [0.2, 0.25) is 5.91 Å². The van der Waals surface area contributed by atoms with Crippen molar-refractivity contribution in [3.63, 3.8) is 0 Å². The Morgan fingerprint density at radius 2 is 1.93 bits per heavy atom. The highest BCUT2D eigenvalue weighted by Crippen LogP contribution is 2.26. The van der Waals surface area contributed by atoms with Crippen LogP contribution in [0.25, 0.3) is 0 Å². The van der Waals surface area contributed by atoms with Gasteiger partial charge in [0.05, 0.1) is 13.2 Å². The van der Waals surface area contributed by atoms with Gasteiger partial charge in [-0.2, -0.15) is 0 Å². The molecule has 1 saturated heterocycles. The van der Waals surface area contributed by atoms with Crippen molar-refractivity contribution in [2.75, 3.05) is 45.9 Å². The van der Waals surface area contributed by atoms with Crippen LogP contribution in [0.5, 0.6) is 5.75 Å². The molecule has 1 aromatic carbocycles. The standard InChI is InChI=1S/C23H33N3O2/c27-23(24-10-8-19-4-2-1-3-5-19)18-26-13-11-25(12-14-26)17-20-6-7-22-21(16-20)9-15-28-22/h4,6-7,16H,1-3,5,8-15,17-18H2,(H,24,27). The maximum absolute atomic E-state index is 12.2. The predicted octanol–water partition coefficient (Wildman–Crippen LogP) is 2.75. The molecule has 1 aliphatic carbocycles. The zero-order valence-corrected chi connectivity index (χ0v) is 16.9. The monoisotopic (exact) mass is 383 g/mol. The van der Waals surface area contributed by atoms with Gasteiger partial charge in [0.25, 0.3) is 0 Å². The van der Waals surface area contributed by atoms with Crippen molar-refractivity contribution in [2.45, 2.75) is 45.1 Å². The lowest BCUT2D eigenvalue weighted by atomic mass is 9.97. The fourth-order valence-corrected chi connectivity index (χ4v) is 4.46. The van der Waals surface area contributed by atoms with Gasteiger partial charge < -0.3 is 10.1 Å². The lowest BCUT2D eigenvalue weighted by Gasteiger charge is -2.34. The maximum Gasteiger partial charge on any atom is 0.234 e. The number of amides is 1. The number of hydrogen-bond donors (Lipinski definition) is 1. The summed E-state index contributed by atoms with van der Waals surface area (Å²) >= 11 is 0. The Kier molecular flexibility index (Phi) is 6.65. The first-order valence-electron chi connectivity index (χ1n) is 10.9. The predicted molar refractivity (Wildman–Crippen MR) is 112 cm³/mol. The minimum absolute atomic E-state index is 0.170. The van der Waals surface area contributed by atoms with Crippen molar-refractivity contribution in [1.29, 1.82) is 0 Å². The first-order valence-corrected chi connectivity index (χ1v) is 10.9. The van der Waals surface area contributed by atoms with Crippen LogP contribution in [0.2, 0.25) is 0 Å². The van der Waals surface area contributed by atoms with Gasteiger partial charge in [-0.1, -0.05) is 23.8 Å². The summed E-state index contributed by atoms with van der Waals surface area (Å²) in [6, 6.07) is 6.59. The normalized spacial score (nSPS) is 20.4.